The largest absolute Gasteiger partial charge is 0.493 e. The lowest BCUT2D eigenvalue weighted by molar-refractivity contribution is -0.116. The van der Waals surface area contributed by atoms with E-state index in [1.807, 2.05) is 18.2 Å². The van der Waals surface area contributed by atoms with E-state index in [4.69, 9.17) is 9.47 Å². The van der Waals surface area contributed by atoms with Crippen LogP contribution in [0.25, 0.3) is 0 Å². The van der Waals surface area contributed by atoms with Gasteiger partial charge in [0.05, 0.1) is 12.0 Å². The number of carbonyl (C=O) groups is 1. The molecule has 1 atom stereocenters. The van der Waals surface area contributed by atoms with Crippen LogP contribution >= 0.6 is 11.3 Å². The van der Waals surface area contributed by atoms with Crippen LogP contribution in [0.15, 0.2) is 42.5 Å². The Morgan fingerprint density at radius 3 is 2.79 bits per heavy atom. The molecule has 4 rings (SSSR count). The molecule has 2 N–H and O–H groups in total. The highest BCUT2D eigenvalue weighted by Crippen LogP contribution is 2.47. The number of hydrogen-bond acceptors (Lipinski definition) is 6. The SMILES string of the molecule is CNc1nc2c(s1)[C@@H](c1cccc(OC)c1OCc1ccc(F)cc1)CC(=O)N2. The van der Waals surface area contributed by atoms with E-state index in [0.29, 0.717) is 23.7 Å². The molecule has 0 fully saturated rings. The van der Waals surface area contributed by atoms with E-state index in [-0.39, 0.29) is 24.2 Å². The Labute approximate surface area is 171 Å². The summed E-state index contributed by atoms with van der Waals surface area (Å²) in [6.45, 7) is 0.254. The normalized spacial score (nSPS) is 15.4. The third-order valence-electron chi connectivity index (χ3n) is 4.73. The predicted molar refractivity (Wildman–Crippen MR) is 110 cm³/mol. The molecule has 150 valence electrons. The lowest BCUT2D eigenvalue weighted by atomic mass is 9.90. The molecule has 0 spiro atoms. The molecular weight excluding hydrogens is 393 g/mol. The number of amides is 1. The minimum atomic E-state index is -0.294. The van der Waals surface area contributed by atoms with Crippen LogP contribution < -0.4 is 20.1 Å². The zero-order chi connectivity index (χ0) is 20.4. The Hall–Kier alpha value is -3.13. The first-order valence-electron chi connectivity index (χ1n) is 9.11. The number of rotatable bonds is 6. The molecule has 0 saturated heterocycles. The van der Waals surface area contributed by atoms with Gasteiger partial charge in [-0.2, -0.15) is 0 Å². The summed E-state index contributed by atoms with van der Waals surface area (Å²) in [6, 6.07) is 11.8. The summed E-state index contributed by atoms with van der Waals surface area (Å²) in [6.07, 6.45) is 0.290. The number of anilines is 2. The second-order valence-electron chi connectivity index (χ2n) is 6.58. The number of para-hydroxylation sites is 1. The van der Waals surface area contributed by atoms with E-state index in [1.54, 1.807) is 26.3 Å². The molecule has 29 heavy (non-hydrogen) atoms. The van der Waals surface area contributed by atoms with Crippen molar-refractivity contribution in [1.82, 2.24) is 4.98 Å². The van der Waals surface area contributed by atoms with Crippen LogP contribution in [0, 0.1) is 5.82 Å². The van der Waals surface area contributed by atoms with Crippen molar-refractivity contribution in [2.45, 2.75) is 18.9 Å². The molecule has 1 aliphatic rings. The third kappa shape index (κ3) is 3.88. The molecule has 0 aliphatic carbocycles. The minimum absolute atomic E-state index is 0.0947. The van der Waals surface area contributed by atoms with Crippen LogP contribution in [0.3, 0.4) is 0 Å². The Balaban J connectivity index is 1.71. The maximum absolute atomic E-state index is 13.2. The van der Waals surface area contributed by atoms with Gasteiger partial charge in [0, 0.05) is 24.9 Å². The lowest BCUT2D eigenvalue weighted by Gasteiger charge is -2.24. The van der Waals surface area contributed by atoms with Gasteiger partial charge in [-0.15, -0.1) is 0 Å². The number of nitrogens with one attached hydrogen (secondary N) is 2. The minimum Gasteiger partial charge on any atom is -0.493 e. The van der Waals surface area contributed by atoms with Crippen molar-refractivity contribution in [2.24, 2.45) is 0 Å². The van der Waals surface area contributed by atoms with Gasteiger partial charge in [-0.1, -0.05) is 35.6 Å². The monoisotopic (exact) mass is 413 g/mol. The fourth-order valence-electron chi connectivity index (χ4n) is 3.34. The first-order valence-corrected chi connectivity index (χ1v) is 9.93. The van der Waals surface area contributed by atoms with Crippen LogP contribution in [0.5, 0.6) is 11.5 Å². The molecule has 2 heterocycles. The summed E-state index contributed by atoms with van der Waals surface area (Å²) in [7, 11) is 3.37. The molecule has 8 heteroatoms. The van der Waals surface area contributed by atoms with Crippen molar-refractivity contribution in [2.75, 3.05) is 24.8 Å². The van der Waals surface area contributed by atoms with Gasteiger partial charge in [0.1, 0.15) is 18.2 Å². The van der Waals surface area contributed by atoms with Crippen molar-refractivity contribution in [1.29, 1.82) is 0 Å². The second-order valence-corrected chi connectivity index (χ2v) is 7.61. The van der Waals surface area contributed by atoms with Crippen molar-refractivity contribution >= 4 is 28.2 Å². The number of nitrogens with zero attached hydrogens (tertiary/aromatic N) is 1. The molecule has 1 aliphatic heterocycles. The molecule has 1 aromatic heterocycles. The van der Waals surface area contributed by atoms with Gasteiger partial charge in [-0.3, -0.25) is 4.79 Å². The average Bonchev–Trinajstić information content (AvgIpc) is 3.15. The number of thiazole rings is 1. The van der Waals surface area contributed by atoms with Crippen molar-refractivity contribution in [3.8, 4) is 11.5 Å². The lowest BCUT2D eigenvalue weighted by Crippen LogP contribution is -2.23. The first kappa shape index (κ1) is 19.2. The van der Waals surface area contributed by atoms with Gasteiger partial charge >= 0.3 is 0 Å². The van der Waals surface area contributed by atoms with Crippen LogP contribution in [0.1, 0.15) is 28.3 Å². The van der Waals surface area contributed by atoms with Crippen LogP contribution in [0.4, 0.5) is 15.3 Å². The van der Waals surface area contributed by atoms with Crippen LogP contribution in [-0.2, 0) is 11.4 Å². The summed E-state index contributed by atoms with van der Waals surface area (Å²) in [5.41, 5.74) is 1.69. The smallest absolute Gasteiger partial charge is 0.226 e. The topological polar surface area (TPSA) is 72.5 Å². The number of ether oxygens (including phenoxy) is 2. The van der Waals surface area contributed by atoms with E-state index < -0.39 is 0 Å². The molecule has 1 amide bonds. The predicted octanol–water partition coefficient (Wildman–Crippen LogP) is 4.39. The van der Waals surface area contributed by atoms with E-state index in [9.17, 15) is 9.18 Å². The van der Waals surface area contributed by atoms with Gasteiger partial charge in [0.2, 0.25) is 5.91 Å². The van der Waals surface area contributed by atoms with Crippen LogP contribution in [0.2, 0.25) is 0 Å². The molecule has 0 radical (unpaired) electrons. The Kier molecular flexibility index (Phi) is 5.35. The van der Waals surface area contributed by atoms with Crippen molar-refractivity contribution in [3.05, 3.63) is 64.3 Å². The van der Waals surface area contributed by atoms with Crippen LogP contribution in [-0.4, -0.2) is 25.0 Å². The first-order chi connectivity index (χ1) is 14.1. The highest BCUT2D eigenvalue weighted by Gasteiger charge is 2.33. The Morgan fingerprint density at radius 1 is 1.28 bits per heavy atom. The van der Waals surface area contributed by atoms with Gasteiger partial charge in [0.15, 0.2) is 16.6 Å². The molecule has 2 aromatic carbocycles. The fourth-order valence-corrected chi connectivity index (χ4v) is 4.33. The average molecular weight is 413 g/mol. The van der Waals surface area contributed by atoms with Crippen molar-refractivity contribution < 1.29 is 18.7 Å². The van der Waals surface area contributed by atoms with Gasteiger partial charge in [-0.05, 0) is 23.8 Å². The van der Waals surface area contributed by atoms with E-state index in [1.165, 1.54) is 23.5 Å². The van der Waals surface area contributed by atoms with E-state index in [2.05, 4.69) is 15.6 Å². The molecule has 0 bridgehead atoms. The number of methoxy groups -OCH3 is 1. The fraction of sp³-hybridized carbons (Fsp3) is 0.238. The second kappa shape index (κ2) is 8.08. The summed E-state index contributed by atoms with van der Waals surface area (Å²) < 4.78 is 24.8. The zero-order valence-corrected chi connectivity index (χ0v) is 16.8. The summed E-state index contributed by atoms with van der Waals surface area (Å²) in [5, 5.41) is 6.60. The van der Waals surface area contributed by atoms with Crippen molar-refractivity contribution in [3.63, 3.8) is 0 Å². The number of carbonyl (C=O) groups excluding carboxylic acids is 1. The summed E-state index contributed by atoms with van der Waals surface area (Å²) in [5.74, 6) is 1.14. The van der Waals surface area contributed by atoms with E-state index in [0.717, 1.165) is 21.1 Å². The highest BCUT2D eigenvalue weighted by atomic mass is 32.1. The molecule has 0 saturated carbocycles. The van der Waals surface area contributed by atoms with E-state index >= 15 is 0 Å². The third-order valence-corrected chi connectivity index (χ3v) is 5.92. The number of aromatic nitrogens is 1. The number of fused-ring (bicyclic) bond motifs is 1. The molecule has 0 unspecified atom stereocenters. The highest BCUT2D eigenvalue weighted by molar-refractivity contribution is 7.16. The quantitative estimate of drug-likeness (QED) is 0.627. The van der Waals surface area contributed by atoms with Gasteiger partial charge in [-0.25, -0.2) is 9.37 Å². The summed E-state index contributed by atoms with van der Waals surface area (Å²) >= 11 is 1.50. The molecule has 6 nitrogen and oxygen atoms in total. The Morgan fingerprint density at radius 2 is 2.07 bits per heavy atom. The van der Waals surface area contributed by atoms with Gasteiger partial charge in [0.25, 0.3) is 0 Å². The maximum Gasteiger partial charge on any atom is 0.226 e. The number of halogens is 1. The zero-order valence-electron chi connectivity index (χ0n) is 16.0. The summed E-state index contributed by atoms with van der Waals surface area (Å²) in [4.78, 5) is 17.7. The molecular formula is C21H20FN3O3S. The standard InChI is InChI=1S/C21H20FN3O3S/c1-23-21-25-20-19(29-21)15(10-17(26)24-20)14-4-3-5-16(27-2)18(14)28-11-12-6-8-13(22)9-7-12/h3-9,15H,10-11H2,1-2H3,(H,23,25)(H,24,26)/t15-/m1/s1. The van der Waals surface area contributed by atoms with Gasteiger partial charge < -0.3 is 20.1 Å². The number of benzene rings is 2. The number of hydrogen-bond donors (Lipinski definition) is 2. The maximum atomic E-state index is 13.2. The molecule has 3 aromatic rings. The Bertz CT molecular complexity index is 1040.